The van der Waals surface area contributed by atoms with E-state index in [-0.39, 0.29) is 209 Å². The van der Waals surface area contributed by atoms with Crippen LogP contribution >= 0.6 is 0 Å². The Labute approximate surface area is 833 Å². The minimum atomic E-state index is -4.94. The first kappa shape index (κ1) is 152. The Balaban J connectivity index is -0.000000112. The summed E-state index contributed by atoms with van der Waals surface area (Å²) in [4.78, 5) is 120. The molecule has 12 aliphatic heterocycles. The number of aliphatic carboxylic acids is 12. The van der Waals surface area contributed by atoms with Gasteiger partial charge in [-0.15, -0.1) is 51.2 Å². The fourth-order valence-electron chi connectivity index (χ4n) is 10.6. The van der Waals surface area contributed by atoms with Gasteiger partial charge in [-0.3, -0.25) is 0 Å². The van der Waals surface area contributed by atoms with Crippen LogP contribution in [-0.4, -0.2) is 223 Å². The third kappa shape index (κ3) is 111. The molecule has 68 heteroatoms. The average molecular weight is 2360 g/mol. The molecule has 12 fully saturated rings. The number of carbonyl (C=O) groups excluding carboxylic acids is 12. The molecule has 12 aliphatic rings. The molecule has 128 heavy (non-hydrogen) atoms. The van der Waals surface area contributed by atoms with Gasteiger partial charge in [0.25, 0.3) is 0 Å². The van der Waals surface area contributed by atoms with Gasteiger partial charge in [0, 0.05) is 72.5 Å². The number of carbonyl (C=O) groups is 12. The summed E-state index contributed by atoms with van der Waals surface area (Å²) in [7, 11) is -24.7. The molecule has 0 spiro atoms. The Morgan fingerprint density at radius 3 is 0.219 bits per heavy atom. The van der Waals surface area contributed by atoms with Gasteiger partial charge in [0.15, 0.2) is 0 Å². The summed E-state index contributed by atoms with van der Waals surface area (Å²) in [5.74, 6) is -11.6. The SMILES string of the molecule is O=C([O-])[C@@H]1CCCN1.O=C([O-])[C@@H]1CCCN1.O=C([O-])[C@@H]1CCCN1.O=C([O-])[C@@H]1CCCN1.O=C([O-])[C@@H]1CCCN1.O=C([O-])[C@@H]1CCCN1.O=C([O-])[C@@H]1CCCN1.O=C([O-])[C@@H]1CCCN1.O=C([O-])[C@@H]1CCCN1.O=C([O-])[C@@H]1CCCN1.O=C([O-])[C@@H]1CCCN1.O=C([O-])[C@@H]1CCCN1.[Co+2].[Co+2].[Co+2].[Co+2].[Co+3].[Co+3].[La+3].[O-][Cl+3]([O-])([O-])[O-].[O-][Cl+3]([O-])([O-])[O-].[O-][Cl+3]([O-])([O-])[O-].[O-][Cl+3]([O-])([O-])[O-].[O-][Cl+3]([O-])([O-])[O-]. The van der Waals surface area contributed by atoms with Crippen molar-refractivity contribution in [3.8, 4) is 0 Å². The van der Waals surface area contributed by atoms with Gasteiger partial charge < -0.3 is 183 Å². The molecule has 0 aliphatic carbocycles. The average Bonchev–Trinajstić information content (AvgIpc) is 1.84. The van der Waals surface area contributed by atoms with Gasteiger partial charge in [0.1, 0.15) is 0 Å². The van der Waals surface area contributed by atoms with Gasteiger partial charge in [0.05, 0.1) is 71.6 Å². The monoisotopic (exact) mass is 2360 g/mol. The van der Waals surface area contributed by atoms with Crippen molar-refractivity contribution in [1.82, 2.24) is 63.8 Å². The molecule has 12 heterocycles. The summed E-state index contributed by atoms with van der Waals surface area (Å²) in [6.07, 6.45) is 20.2. The second-order valence-corrected chi connectivity index (χ2v) is 29.3. The van der Waals surface area contributed by atoms with Gasteiger partial charge in [-0.25, -0.2) is 93.2 Å². The number of carboxylic acid groups (broad SMARTS) is 12. The molecule has 0 bridgehead atoms. The minimum Gasteiger partial charge on any atom is -0.548 e. The summed E-state index contributed by atoms with van der Waals surface area (Å²) in [6.45, 7) is 9.82. The van der Waals surface area contributed by atoms with Crippen molar-refractivity contribution in [2.24, 2.45) is 0 Å². The Morgan fingerprint density at radius 2 is 0.203 bits per heavy atom. The van der Waals surface area contributed by atoms with E-state index in [4.69, 9.17) is 93.2 Å². The first-order valence-corrected chi connectivity index (χ1v) is 42.2. The van der Waals surface area contributed by atoms with Crippen LogP contribution in [0.25, 0.3) is 0 Å². The summed E-state index contributed by atoms with van der Waals surface area (Å²) in [6, 6.07) is -4.56. The molecule has 12 atom stereocenters. The van der Waals surface area contributed by atoms with E-state index in [1.54, 1.807) is 0 Å². The molecular formula is C60H96Cl5Co6LaN12O44. The first-order valence-electron chi connectivity index (χ1n) is 36.1. The Kier molecular flexibility index (Phi) is 104. The summed E-state index contributed by atoms with van der Waals surface area (Å²) in [5.41, 5.74) is 0. The molecule has 12 saturated heterocycles. The van der Waals surface area contributed by atoms with Gasteiger partial charge in [-0.2, -0.15) is 0 Å². The summed E-state index contributed by atoms with van der Waals surface area (Å²) >= 11 is 0. The van der Waals surface area contributed by atoms with Crippen molar-refractivity contribution in [2.75, 3.05) is 78.5 Å². The maximum absolute atomic E-state index is 10.0. The quantitative estimate of drug-likeness (QED) is 0.0863. The summed E-state index contributed by atoms with van der Waals surface area (Å²) < 4.78 is 170. The molecular weight excluding hydrogens is 2260 g/mol. The van der Waals surface area contributed by atoms with Crippen molar-refractivity contribution in [1.29, 1.82) is 0 Å². The second-order valence-electron chi connectivity index (χ2n) is 25.5. The number of halogens is 5. The van der Waals surface area contributed by atoms with E-state index < -0.39 is 123 Å². The number of nitrogens with one attached hydrogen (secondary N) is 12. The van der Waals surface area contributed by atoms with E-state index in [0.717, 1.165) is 233 Å². The topological polar surface area (TPSA) is 1090 Å². The normalized spacial score (nSPS) is 23.5. The third-order valence-electron chi connectivity index (χ3n) is 16.1. The molecule has 56 nitrogen and oxygen atoms in total. The number of carboxylic acids is 12. The maximum atomic E-state index is 10.0. The molecule has 0 unspecified atom stereocenters. The molecule has 0 aromatic carbocycles. The van der Waals surface area contributed by atoms with Crippen LogP contribution in [0.5, 0.6) is 0 Å². The van der Waals surface area contributed by atoms with Crippen molar-refractivity contribution in [3.63, 3.8) is 0 Å². The first-order chi connectivity index (χ1) is 55.7. The molecule has 0 aromatic heterocycles. The molecule has 0 saturated carbocycles. The minimum absolute atomic E-state index is 0. The predicted octanol–water partition coefficient (Wildman–Crippen LogP) is -41.9. The Hall–Kier alpha value is -1.96. The molecule has 4 radical (unpaired) electrons. The smallest absolute Gasteiger partial charge is 0.548 e. The van der Waals surface area contributed by atoms with E-state index in [2.05, 4.69) is 63.8 Å². The van der Waals surface area contributed by atoms with Crippen LogP contribution in [0, 0.1) is 86.8 Å². The van der Waals surface area contributed by atoms with E-state index in [1.807, 2.05) is 0 Å². The molecule has 12 rings (SSSR count). The summed E-state index contributed by atoms with van der Waals surface area (Å²) in [5, 5.41) is 154. The van der Waals surface area contributed by atoms with Crippen molar-refractivity contribution in [2.45, 2.75) is 227 Å². The van der Waals surface area contributed by atoms with Gasteiger partial charge in [-0.05, 0) is 233 Å². The maximum Gasteiger partial charge on any atom is 3.00 e. The van der Waals surface area contributed by atoms with Crippen LogP contribution in [0.15, 0.2) is 0 Å². The molecule has 752 valence electrons. The van der Waals surface area contributed by atoms with Gasteiger partial charge in [0.2, 0.25) is 0 Å². The van der Waals surface area contributed by atoms with Gasteiger partial charge in [-0.1, -0.05) is 0 Å². The van der Waals surface area contributed by atoms with Crippen molar-refractivity contribution >= 4 is 71.6 Å². The van der Waals surface area contributed by atoms with Crippen LogP contribution in [0.3, 0.4) is 0 Å². The molecule has 0 aromatic rings. The van der Waals surface area contributed by atoms with Crippen LogP contribution < -0.4 is 218 Å². The zero-order chi connectivity index (χ0) is 94.3. The van der Waals surface area contributed by atoms with Crippen LogP contribution in [0.4, 0.5) is 0 Å². The van der Waals surface area contributed by atoms with Crippen LogP contribution in [0.2, 0.25) is 0 Å². The molecule has 0 amide bonds. The van der Waals surface area contributed by atoms with Crippen molar-refractivity contribution < 1.29 is 399 Å². The standard InChI is InChI=1S/12C5H9NO2.5ClHO4.6Co.La/c12*7-5(8)4-2-1-3-6-4;5*2-1(3,4)5;;;;;;;/h12*4,6H,1-3H2,(H,7,8);5*(H,2,3,4,5);;;;;;;/q;;;;;;;;;;;;;;;;;4*+2;3*+3/p-17/t12*4-;;;;;;;;;;;;/m000000000000............/s1. The zero-order valence-corrected chi connectivity index (χ0v) is 80.5. The number of rotatable bonds is 12. The van der Waals surface area contributed by atoms with Crippen LogP contribution in [0.1, 0.15) is 154 Å². The molecule has 12 N–H and O–H groups in total. The van der Waals surface area contributed by atoms with Crippen molar-refractivity contribution in [3.05, 3.63) is 0 Å². The van der Waals surface area contributed by atoms with E-state index >= 15 is 0 Å². The zero-order valence-electron chi connectivity index (χ0n) is 66.8. The number of hydrogen-bond donors (Lipinski definition) is 12. The van der Waals surface area contributed by atoms with E-state index in [1.165, 1.54) is 0 Å². The fourth-order valence-corrected chi connectivity index (χ4v) is 10.6. The predicted molar refractivity (Wildman–Crippen MR) is 312 cm³/mol. The largest absolute Gasteiger partial charge is 3.00 e. The number of hydrogen-bond acceptors (Lipinski definition) is 56. The second kappa shape index (κ2) is 87.8. The Morgan fingerprint density at radius 1 is 0.156 bits per heavy atom. The van der Waals surface area contributed by atoms with E-state index in [9.17, 15) is 119 Å². The van der Waals surface area contributed by atoms with E-state index in [0.29, 0.717) is 0 Å². The fraction of sp³-hybridized carbons (Fsp3) is 0.800. The third-order valence-corrected chi connectivity index (χ3v) is 16.1. The van der Waals surface area contributed by atoms with Gasteiger partial charge >= 0.3 is 136 Å². The Bertz CT molecular complexity index is 2210. The van der Waals surface area contributed by atoms with Crippen LogP contribution in [-0.2, 0) is 158 Å².